The van der Waals surface area contributed by atoms with E-state index in [4.69, 9.17) is 0 Å². The molecule has 1 aromatic heterocycles. The van der Waals surface area contributed by atoms with Gasteiger partial charge < -0.3 is 4.90 Å². The van der Waals surface area contributed by atoms with Gasteiger partial charge in [0, 0.05) is 12.2 Å². The molecule has 0 aliphatic heterocycles. The number of aromatic nitrogens is 2. The van der Waals surface area contributed by atoms with Crippen LogP contribution in [0.3, 0.4) is 0 Å². The minimum Gasteiger partial charge on any atom is -0.322 e. The maximum atomic E-state index is 11.6. The van der Waals surface area contributed by atoms with Gasteiger partial charge in [0.15, 0.2) is 0 Å². The highest BCUT2D eigenvalue weighted by Crippen LogP contribution is 2.27. The summed E-state index contributed by atoms with van der Waals surface area (Å²) in [5.74, 6) is -0.127. The second-order valence-electron chi connectivity index (χ2n) is 3.94. The molecule has 0 fully saturated rings. The molecule has 0 saturated carbocycles. The van der Waals surface area contributed by atoms with Crippen LogP contribution in [0.2, 0.25) is 0 Å². The number of hydrogen-bond acceptors (Lipinski definition) is 5. The summed E-state index contributed by atoms with van der Waals surface area (Å²) >= 11 is 0. The first-order valence-corrected chi connectivity index (χ1v) is 5.88. The predicted molar refractivity (Wildman–Crippen MR) is 73.5 cm³/mol. The summed E-state index contributed by atoms with van der Waals surface area (Å²) < 4.78 is 0. The molecular weight excluding hydrogens is 264 g/mol. The third-order valence-electron chi connectivity index (χ3n) is 2.73. The van der Waals surface area contributed by atoms with Crippen LogP contribution in [0.15, 0.2) is 39.9 Å². The lowest BCUT2D eigenvalue weighted by Crippen LogP contribution is -2.30. The van der Waals surface area contributed by atoms with Gasteiger partial charge >= 0.3 is 16.9 Å². The van der Waals surface area contributed by atoms with Gasteiger partial charge in [0.05, 0.1) is 4.92 Å². The number of benzene rings is 1. The molecule has 0 atom stereocenters. The average molecular weight is 276 g/mol. The summed E-state index contributed by atoms with van der Waals surface area (Å²) in [7, 11) is 0. The fourth-order valence-electron chi connectivity index (χ4n) is 1.91. The first kappa shape index (κ1) is 13.5. The largest absolute Gasteiger partial charge is 0.374 e. The van der Waals surface area contributed by atoms with Crippen LogP contribution in [0.5, 0.6) is 0 Å². The maximum absolute atomic E-state index is 11.6. The van der Waals surface area contributed by atoms with E-state index in [-0.39, 0.29) is 5.82 Å². The van der Waals surface area contributed by atoms with Crippen molar-refractivity contribution >= 4 is 17.2 Å². The fraction of sp³-hybridized carbons (Fsp3) is 0.167. The summed E-state index contributed by atoms with van der Waals surface area (Å²) in [4.78, 5) is 38.9. The Bertz CT molecular complexity index is 735. The SMILES string of the molecule is CCN(c1ccccc1)c1[nH]c(=O)[nH]c(=O)c1[N+](=O)[O-]. The lowest BCUT2D eigenvalue weighted by molar-refractivity contribution is -0.385. The lowest BCUT2D eigenvalue weighted by atomic mass is 10.2. The molecule has 2 aromatic rings. The quantitative estimate of drug-likeness (QED) is 0.642. The normalized spacial score (nSPS) is 10.2. The number of hydrogen-bond donors (Lipinski definition) is 2. The van der Waals surface area contributed by atoms with Crippen LogP contribution >= 0.6 is 0 Å². The second-order valence-corrected chi connectivity index (χ2v) is 3.94. The first-order valence-electron chi connectivity index (χ1n) is 5.88. The van der Waals surface area contributed by atoms with Crippen molar-refractivity contribution in [2.45, 2.75) is 6.92 Å². The molecule has 8 nitrogen and oxygen atoms in total. The van der Waals surface area contributed by atoms with Crippen LogP contribution in [0.4, 0.5) is 17.2 Å². The Morgan fingerprint density at radius 1 is 1.20 bits per heavy atom. The van der Waals surface area contributed by atoms with Crippen molar-refractivity contribution in [2.24, 2.45) is 0 Å². The molecule has 0 aliphatic carbocycles. The molecule has 2 rings (SSSR count). The highest BCUT2D eigenvalue weighted by Gasteiger charge is 2.25. The fourth-order valence-corrected chi connectivity index (χ4v) is 1.91. The van der Waals surface area contributed by atoms with Crippen molar-refractivity contribution < 1.29 is 4.92 Å². The number of aromatic amines is 2. The number of anilines is 2. The third-order valence-corrected chi connectivity index (χ3v) is 2.73. The zero-order chi connectivity index (χ0) is 14.7. The molecule has 104 valence electrons. The van der Waals surface area contributed by atoms with Crippen LogP contribution in [-0.4, -0.2) is 21.4 Å². The molecule has 20 heavy (non-hydrogen) atoms. The number of nitrogens with one attached hydrogen (secondary N) is 2. The Kier molecular flexibility index (Phi) is 3.65. The molecule has 0 unspecified atom stereocenters. The van der Waals surface area contributed by atoms with Gasteiger partial charge in [-0.2, -0.15) is 0 Å². The van der Waals surface area contributed by atoms with E-state index >= 15 is 0 Å². The molecule has 0 saturated heterocycles. The Morgan fingerprint density at radius 2 is 1.85 bits per heavy atom. The Balaban J connectivity index is 2.70. The lowest BCUT2D eigenvalue weighted by Gasteiger charge is -2.21. The van der Waals surface area contributed by atoms with E-state index in [2.05, 4.69) is 4.98 Å². The summed E-state index contributed by atoms with van der Waals surface area (Å²) in [5.41, 5.74) is -1.86. The summed E-state index contributed by atoms with van der Waals surface area (Å²) in [6, 6.07) is 8.77. The van der Waals surface area contributed by atoms with Gasteiger partial charge in [0.2, 0.25) is 5.82 Å². The van der Waals surface area contributed by atoms with E-state index in [1.807, 2.05) is 4.98 Å². The standard InChI is InChI=1S/C12H12N4O4/c1-2-15(8-6-4-3-5-7-8)10-9(16(19)20)11(17)14-12(18)13-10/h3-7H,2H2,1H3,(H2,13,14,17,18). The zero-order valence-electron chi connectivity index (χ0n) is 10.6. The van der Waals surface area contributed by atoms with Crippen molar-refractivity contribution in [3.63, 3.8) is 0 Å². The van der Waals surface area contributed by atoms with E-state index < -0.39 is 21.9 Å². The van der Waals surface area contributed by atoms with Gasteiger partial charge in [-0.1, -0.05) is 18.2 Å². The van der Waals surface area contributed by atoms with Crippen LogP contribution < -0.4 is 16.1 Å². The van der Waals surface area contributed by atoms with Crippen LogP contribution in [0.25, 0.3) is 0 Å². The molecule has 0 aliphatic rings. The third kappa shape index (κ3) is 2.44. The summed E-state index contributed by atoms with van der Waals surface area (Å²) in [6.07, 6.45) is 0. The number of nitrogens with zero attached hydrogens (tertiary/aromatic N) is 2. The van der Waals surface area contributed by atoms with Gasteiger partial charge in [-0.3, -0.25) is 24.9 Å². The van der Waals surface area contributed by atoms with Crippen LogP contribution in [0, 0.1) is 10.1 Å². The van der Waals surface area contributed by atoms with Gasteiger partial charge in [-0.05, 0) is 19.1 Å². The van der Waals surface area contributed by atoms with Crippen molar-refractivity contribution in [3.05, 3.63) is 61.3 Å². The van der Waals surface area contributed by atoms with E-state index in [1.54, 1.807) is 37.3 Å². The van der Waals surface area contributed by atoms with Crippen molar-refractivity contribution in [3.8, 4) is 0 Å². The Labute approximate surface area is 112 Å². The summed E-state index contributed by atoms with van der Waals surface area (Å²) in [5, 5.41) is 11.0. The van der Waals surface area contributed by atoms with Crippen molar-refractivity contribution in [1.82, 2.24) is 9.97 Å². The summed E-state index contributed by atoms with van der Waals surface area (Å²) in [6.45, 7) is 2.11. The van der Waals surface area contributed by atoms with Crippen LogP contribution in [-0.2, 0) is 0 Å². The maximum Gasteiger partial charge on any atom is 0.374 e. The highest BCUT2D eigenvalue weighted by molar-refractivity contribution is 5.67. The number of para-hydroxylation sites is 1. The minimum absolute atomic E-state index is 0.127. The van der Waals surface area contributed by atoms with E-state index in [0.29, 0.717) is 12.2 Å². The first-order chi connectivity index (χ1) is 9.54. The molecule has 2 N–H and O–H groups in total. The molecular formula is C12H12N4O4. The molecule has 1 aromatic carbocycles. The van der Waals surface area contributed by atoms with Crippen molar-refractivity contribution in [1.29, 1.82) is 0 Å². The number of rotatable bonds is 4. The van der Waals surface area contributed by atoms with Gasteiger partial charge in [-0.25, -0.2) is 4.79 Å². The second kappa shape index (κ2) is 5.39. The van der Waals surface area contributed by atoms with E-state index in [1.165, 1.54) is 4.90 Å². The molecule has 8 heteroatoms. The smallest absolute Gasteiger partial charge is 0.322 e. The topological polar surface area (TPSA) is 112 Å². The molecule has 0 bridgehead atoms. The number of nitro groups is 1. The molecule has 0 amide bonds. The predicted octanol–water partition coefficient (Wildman–Crippen LogP) is 1.13. The van der Waals surface area contributed by atoms with Gasteiger partial charge in [0.25, 0.3) is 0 Å². The monoisotopic (exact) mass is 276 g/mol. The van der Waals surface area contributed by atoms with E-state index in [9.17, 15) is 19.7 Å². The van der Waals surface area contributed by atoms with Gasteiger partial charge in [0.1, 0.15) is 0 Å². The van der Waals surface area contributed by atoms with Crippen LogP contribution in [0.1, 0.15) is 6.92 Å². The molecule has 0 radical (unpaired) electrons. The molecule has 0 spiro atoms. The van der Waals surface area contributed by atoms with Crippen molar-refractivity contribution in [2.75, 3.05) is 11.4 Å². The Hall–Kier alpha value is -2.90. The Morgan fingerprint density at radius 3 is 2.40 bits per heavy atom. The van der Waals surface area contributed by atoms with Gasteiger partial charge in [-0.15, -0.1) is 0 Å². The highest BCUT2D eigenvalue weighted by atomic mass is 16.6. The minimum atomic E-state index is -1.02. The van der Waals surface area contributed by atoms with E-state index in [0.717, 1.165) is 0 Å². The molecule has 1 heterocycles. The number of H-pyrrole nitrogens is 2. The average Bonchev–Trinajstić information content (AvgIpc) is 2.39. The zero-order valence-corrected chi connectivity index (χ0v) is 10.6.